The lowest BCUT2D eigenvalue weighted by Crippen LogP contribution is -2.40. The van der Waals surface area contributed by atoms with Crippen LogP contribution in [0.4, 0.5) is 5.69 Å². The Morgan fingerprint density at radius 2 is 2.04 bits per heavy atom. The van der Waals surface area contributed by atoms with Crippen LogP contribution >= 0.6 is 0 Å². The van der Waals surface area contributed by atoms with Crippen LogP contribution in [0.2, 0.25) is 0 Å². The molecule has 0 radical (unpaired) electrons. The average molecular weight is 385 g/mol. The molecule has 154 valence electrons. The second-order valence-corrected chi connectivity index (χ2v) is 8.36. The van der Waals surface area contributed by atoms with Crippen molar-refractivity contribution in [3.05, 3.63) is 35.9 Å². The van der Waals surface area contributed by atoms with Gasteiger partial charge in [0.2, 0.25) is 5.91 Å². The topological polar surface area (TPSA) is 41.6 Å². The molecule has 3 rings (SSSR count). The molecule has 2 aliphatic rings. The Balaban J connectivity index is 1.64. The molecule has 2 atom stereocenters. The number of nitrogens with one attached hydrogen (secondary N) is 1. The van der Waals surface area contributed by atoms with Gasteiger partial charge in [-0.2, -0.15) is 0 Å². The van der Waals surface area contributed by atoms with Crippen LogP contribution in [0.15, 0.2) is 24.8 Å². The minimum absolute atomic E-state index is 0.0463. The zero-order valence-corrected chi connectivity index (χ0v) is 17.6. The molecule has 1 saturated carbocycles. The molecule has 1 aromatic carbocycles. The summed E-state index contributed by atoms with van der Waals surface area (Å²) in [4.78, 5) is 14.6. The Hall–Kier alpha value is -1.81. The summed E-state index contributed by atoms with van der Waals surface area (Å²) in [5, 5.41) is 3.02. The van der Waals surface area contributed by atoms with E-state index in [9.17, 15) is 4.79 Å². The first kappa shape index (κ1) is 20.9. The predicted molar refractivity (Wildman–Crippen MR) is 116 cm³/mol. The molecule has 1 aromatic rings. The van der Waals surface area contributed by atoms with Crippen molar-refractivity contribution < 1.29 is 9.53 Å². The van der Waals surface area contributed by atoms with Gasteiger partial charge in [0.25, 0.3) is 0 Å². The molecule has 1 N–H and O–H groups in total. The van der Waals surface area contributed by atoms with Crippen LogP contribution in [0.1, 0.15) is 63.0 Å². The van der Waals surface area contributed by atoms with Crippen molar-refractivity contribution in [2.75, 3.05) is 32.1 Å². The van der Waals surface area contributed by atoms with Crippen LogP contribution in [0.3, 0.4) is 0 Å². The molecule has 2 fully saturated rings. The molecule has 1 aliphatic heterocycles. The number of aryl methyl sites for hydroxylation is 1. The minimum atomic E-state index is 0.0463. The highest BCUT2D eigenvalue weighted by molar-refractivity contribution is 5.91. The first-order valence-corrected chi connectivity index (χ1v) is 11.0. The van der Waals surface area contributed by atoms with Gasteiger partial charge in [-0.15, -0.1) is 0 Å². The van der Waals surface area contributed by atoms with Gasteiger partial charge in [-0.05, 0) is 55.2 Å². The molecular formula is C24H36N2O2. The zero-order chi connectivity index (χ0) is 19.9. The number of hydrogen-bond donors (Lipinski definition) is 1. The fourth-order valence-corrected chi connectivity index (χ4v) is 4.86. The maximum atomic E-state index is 12.1. The Labute approximate surface area is 170 Å². The number of amides is 1. The average Bonchev–Trinajstić information content (AvgIpc) is 2.73. The maximum absolute atomic E-state index is 12.1. The molecule has 1 aliphatic carbocycles. The molecule has 4 heteroatoms. The van der Waals surface area contributed by atoms with E-state index in [1.165, 1.54) is 43.2 Å². The quantitative estimate of drug-likeness (QED) is 0.634. The van der Waals surface area contributed by atoms with E-state index in [-0.39, 0.29) is 5.91 Å². The van der Waals surface area contributed by atoms with Crippen molar-refractivity contribution in [2.24, 2.45) is 11.8 Å². The van der Waals surface area contributed by atoms with Crippen molar-refractivity contribution in [1.82, 2.24) is 4.90 Å². The van der Waals surface area contributed by atoms with Gasteiger partial charge in [-0.1, -0.05) is 38.8 Å². The number of piperidine rings is 1. The third kappa shape index (κ3) is 5.16. The fourth-order valence-electron chi connectivity index (χ4n) is 4.86. The molecule has 1 amide bonds. The number of nitrogens with zero attached hydrogens (tertiary/aromatic N) is 1. The number of rotatable bonds is 8. The molecule has 0 spiro atoms. The minimum Gasteiger partial charge on any atom is -0.385 e. The Kier molecular flexibility index (Phi) is 7.55. The molecular weight excluding hydrogens is 348 g/mol. The Bertz CT molecular complexity index is 685. The second-order valence-electron chi connectivity index (χ2n) is 8.36. The van der Waals surface area contributed by atoms with Crippen molar-refractivity contribution >= 4 is 17.3 Å². The van der Waals surface area contributed by atoms with Crippen molar-refractivity contribution in [2.45, 2.75) is 58.3 Å². The number of hydrogen-bond acceptors (Lipinski definition) is 3. The van der Waals surface area contributed by atoms with E-state index in [0.717, 1.165) is 49.2 Å². The number of methoxy groups -OCH3 is 1. The van der Waals surface area contributed by atoms with E-state index in [0.29, 0.717) is 13.0 Å². The van der Waals surface area contributed by atoms with Gasteiger partial charge in [-0.3, -0.25) is 4.79 Å². The number of fused-ring (bicyclic) bond motifs is 1. The van der Waals surface area contributed by atoms with Crippen LogP contribution in [0, 0.1) is 11.8 Å². The summed E-state index contributed by atoms with van der Waals surface area (Å²) in [5.41, 5.74) is 4.51. The lowest BCUT2D eigenvalue weighted by atomic mass is 9.75. The summed E-state index contributed by atoms with van der Waals surface area (Å²) in [7, 11) is 1.66. The summed E-state index contributed by atoms with van der Waals surface area (Å²) < 4.78 is 5.02. The highest BCUT2D eigenvalue weighted by Gasteiger charge is 2.31. The summed E-state index contributed by atoms with van der Waals surface area (Å²) in [6.07, 6.45) is 9.08. The summed E-state index contributed by atoms with van der Waals surface area (Å²) >= 11 is 0. The van der Waals surface area contributed by atoms with Gasteiger partial charge < -0.3 is 15.0 Å². The van der Waals surface area contributed by atoms with E-state index >= 15 is 0 Å². The van der Waals surface area contributed by atoms with Crippen LogP contribution < -0.4 is 5.32 Å². The van der Waals surface area contributed by atoms with E-state index in [2.05, 4.69) is 35.9 Å². The molecule has 0 bridgehead atoms. The third-order valence-electron chi connectivity index (χ3n) is 6.51. The largest absolute Gasteiger partial charge is 0.385 e. The van der Waals surface area contributed by atoms with Gasteiger partial charge in [0, 0.05) is 50.2 Å². The first-order valence-electron chi connectivity index (χ1n) is 11.0. The Morgan fingerprint density at radius 3 is 2.79 bits per heavy atom. The monoisotopic (exact) mass is 384 g/mol. The number of ether oxygens (including phenoxy) is 1. The molecule has 0 aromatic heterocycles. The molecule has 1 heterocycles. The van der Waals surface area contributed by atoms with E-state index in [4.69, 9.17) is 4.74 Å². The van der Waals surface area contributed by atoms with Gasteiger partial charge in [0.05, 0.1) is 0 Å². The van der Waals surface area contributed by atoms with Crippen LogP contribution in [0.5, 0.6) is 0 Å². The molecule has 2 unspecified atom stereocenters. The maximum Gasteiger partial charge on any atom is 0.224 e. The number of carbonyl (C=O) groups is 1. The van der Waals surface area contributed by atoms with Crippen LogP contribution in [-0.2, 0) is 16.0 Å². The van der Waals surface area contributed by atoms with E-state index in [1.807, 2.05) is 6.07 Å². The van der Waals surface area contributed by atoms with Crippen LogP contribution in [0.25, 0.3) is 5.70 Å². The smallest absolute Gasteiger partial charge is 0.224 e. The highest BCUT2D eigenvalue weighted by Crippen LogP contribution is 2.38. The third-order valence-corrected chi connectivity index (χ3v) is 6.51. The van der Waals surface area contributed by atoms with Crippen molar-refractivity contribution in [1.29, 1.82) is 0 Å². The van der Waals surface area contributed by atoms with Gasteiger partial charge in [-0.25, -0.2) is 0 Å². The van der Waals surface area contributed by atoms with Gasteiger partial charge >= 0.3 is 0 Å². The standard InChI is InChI=1S/C24H36N2O2/c1-4-19-16-22(25-24(27)10-7-15-28-3)11-12-23(19)18(2)26-14-13-20-8-5-6-9-21(20)17-26/h11-12,16,20-21H,2,4-10,13-15,17H2,1,3H3,(H,25,27). The Morgan fingerprint density at radius 1 is 1.25 bits per heavy atom. The van der Waals surface area contributed by atoms with Crippen molar-refractivity contribution in [3.63, 3.8) is 0 Å². The van der Waals surface area contributed by atoms with Crippen molar-refractivity contribution in [3.8, 4) is 0 Å². The second kappa shape index (κ2) is 10.1. The first-order chi connectivity index (χ1) is 13.6. The SMILES string of the molecule is C=C(c1ccc(NC(=O)CCCOC)cc1CC)N1CCC2CCCCC2C1. The summed E-state index contributed by atoms with van der Waals surface area (Å²) in [5.74, 6) is 1.82. The normalized spacial score (nSPS) is 21.9. The van der Waals surface area contributed by atoms with Crippen LogP contribution in [-0.4, -0.2) is 37.6 Å². The lowest BCUT2D eigenvalue weighted by molar-refractivity contribution is -0.116. The molecule has 4 nitrogen and oxygen atoms in total. The van der Waals surface area contributed by atoms with E-state index in [1.54, 1.807) is 7.11 Å². The number of anilines is 1. The zero-order valence-electron chi connectivity index (χ0n) is 17.6. The van der Waals surface area contributed by atoms with Gasteiger partial charge in [0.1, 0.15) is 0 Å². The summed E-state index contributed by atoms with van der Waals surface area (Å²) in [6.45, 7) is 9.53. The molecule has 28 heavy (non-hydrogen) atoms. The lowest BCUT2D eigenvalue weighted by Gasteiger charge is -2.43. The number of benzene rings is 1. The number of likely N-dealkylation sites (tertiary alicyclic amines) is 1. The predicted octanol–water partition coefficient (Wildman–Crippen LogP) is 5.10. The summed E-state index contributed by atoms with van der Waals surface area (Å²) in [6, 6.07) is 6.27. The van der Waals surface area contributed by atoms with Gasteiger partial charge in [0.15, 0.2) is 0 Å². The van der Waals surface area contributed by atoms with E-state index < -0.39 is 0 Å². The highest BCUT2D eigenvalue weighted by atomic mass is 16.5. The number of carbonyl (C=O) groups excluding carboxylic acids is 1. The molecule has 1 saturated heterocycles. The fraction of sp³-hybridized carbons (Fsp3) is 0.625.